The summed E-state index contributed by atoms with van der Waals surface area (Å²) in [7, 11) is 0. The molecule has 1 aromatic heterocycles. The summed E-state index contributed by atoms with van der Waals surface area (Å²) in [5.74, 6) is 0.834. The molecular formula is C21H30N4O. The Morgan fingerprint density at radius 2 is 1.81 bits per heavy atom. The summed E-state index contributed by atoms with van der Waals surface area (Å²) in [4.78, 5) is 16.5. The number of hydrogen-bond donors (Lipinski definition) is 2. The zero-order chi connectivity index (χ0) is 18.8. The van der Waals surface area contributed by atoms with Crippen molar-refractivity contribution >= 4 is 5.96 Å². The molecule has 0 amide bonds. The second-order valence-corrected chi connectivity index (χ2v) is 6.47. The Bertz CT molecular complexity index is 762. The molecule has 0 fully saturated rings. The predicted molar refractivity (Wildman–Crippen MR) is 109 cm³/mol. The topological polar surface area (TPSA) is 58.4 Å². The lowest BCUT2D eigenvalue weighted by Gasteiger charge is -2.12. The minimum absolute atomic E-state index is 0.0750. The Morgan fingerprint density at radius 3 is 2.50 bits per heavy atom. The first-order valence-corrected chi connectivity index (χ1v) is 9.34. The maximum atomic E-state index is 11.9. The van der Waals surface area contributed by atoms with E-state index >= 15 is 0 Å². The number of nitrogens with zero attached hydrogens (tertiary/aromatic N) is 2. The minimum atomic E-state index is 0.0750. The molecule has 0 spiro atoms. The Morgan fingerprint density at radius 1 is 1.04 bits per heavy atom. The lowest BCUT2D eigenvalue weighted by molar-refractivity contribution is 0.575. The van der Waals surface area contributed by atoms with Gasteiger partial charge in [-0.1, -0.05) is 35.9 Å². The Labute approximate surface area is 156 Å². The van der Waals surface area contributed by atoms with Crippen LogP contribution in [0.1, 0.15) is 36.6 Å². The highest BCUT2D eigenvalue weighted by atomic mass is 16.1. The van der Waals surface area contributed by atoms with E-state index in [4.69, 9.17) is 0 Å². The average molecular weight is 354 g/mol. The van der Waals surface area contributed by atoms with Crippen molar-refractivity contribution in [3.05, 3.63) is 69.6 Å². The van der Waals surface area contributed by atoms with Crippen LogP contribution in [0.4, 0.5) is 0 Å². The van der Waals surface area contributed by atoms with Crippen molar-refractivity contribution in [2.75, 3.05) is 13.1 Å². The number of hydrogen-bond acceptors (Lipinski definition) is 2. The van der Waals surface area contributed by atoms with Gasteiger partial charge in [-0.3, -0.25) is 4.79 Å². The van der Waals surface area contributed by atoms with Crippen molar-refractivity contribution in [1.29, 1.82) is 0 Å². The summed E-state index contributed by atoms with van der Waals surface area (Å²) in [5, 5.41) is 6.64. The van der Waals surface area contributed by atoms with Gasteiger partial charge in [0.2, 0.25) is 0 Å². The molecule has 0 saturated heterocycles. The fraction of sp³-hybridized carbons (Fsp3) is 0.429. The highest BCUT2D eigenvalue weighted by Gasteiger charge is 2.00. The summed E-state index contributed by atoms with van der Waals surface area (Å²) in [6.07, 6.45) is 1.94. The van der Waals surface area contributed by atoms with Gasteiger partial charge < -0.3 is 15.2 Å². The van der Waals surface area contributed by atoms with Crippen molar-refractivity contribution < 1.29 is 0 Å². The van der Waals surface area contributed by atoms with Crippen LogP contribution in [0.3, 0.4) is 0 Å². The Hall–Kier alpha value is -2.56. The van der Waals surface area contributed by atoms with Gasteiger partial charge in [-0.2, -0.15) is 0 Å². The summed E-state index contributed by atoms with van der Waals surface area (Å²) in [5.41, 5.74) is 3.55. The summed E-state index contributed by atoms with van der Waals surface area (Å²) >= 11 is 0. The molecule has 2 N–H and O–H groups in total. The first-order valence-electron chi connectivity index (χ1n) is 9.34. The van der Waals surface area contributed by atoms with E-state index in [0.29, 0.717) is 6.54 Å². The van der Waals surface area contributed by atoms with Crippen LogP contribution in [0.2, 0.25) is 0 Å². The molecule has 0 bridgehead atoms. The predicted octanol–water partition coefficient (Wildman–Crippen LogP) is 3.00. The van der Waals surface area contributed by atoms with E-state index in [2.05, 4.69) is 53.7 Å². The average Bonchev–Trinajstić information content (AvgIpc) is 2.62. The molecule has 0 unspecified atom stereocenters. The molecule has 5 nitrogen and oxygen atoms in total. The molecule has 1 heterocycles. The van der Waals surface area contributed by atoms with Gasteiger partial charge in [0.05, 0.1) is 6.54 Å². The number of guanidine groups is 1. The van der Waals surface area contributed by atoms with Crippen LogP contribution < -0.4 is 16.2 Å². The lowest BCUT2D eigenvalue weighted by atomic mass is 10.1. The third kappa shape index (κ3) is 6.39. The standard InChI is InChI=1S/C21H30N4O/c1-4-22-21(24-16-19-12-10-17(2)11-13-19)23-14-5-6-15-25-18(3)8-7-9-20(25)26/h7-13H,4-6,14-16H2,1-3H3,(H2,22,23,24). The number of aliphatic imine (C=N–C) groups is 1. The normalized spacial score (nSPS) is 11.4. The quantitative estimate of drug-likeness (QED) is 0.435. The third-order valence-corrected chi connectivity index (χ3v) is 4.25. The van der Waals surface area contributed by atoms with E-state index in [0.717, 1.165) is 44.1 Å². The molecule has 26 heavy (non-hydrogen) atoms. The minimum Gasteiger partial charge on any atom is -0.357 e. The first kappa shape index (κ1) is 19.8. The molecule has 0 radical (unpaired) electrons. The van der Waals surface area contributed by atoms with Gasteiger partial charge in [0, 0.05) is 31.4 Å². The van der Waals surface area contributed by atoms with Crippen LogP contribution in [-0.2, 0) is 13.1 Å². The summed E-state index contributed by atoms with van der Waals surface area (Å²) in [6, 6.07) is 13.8. The fourth-order valence-corrected chi connectivity index (χ4v) is 2.72. The van der Waals surface area contributed by atoms with E-state index in [9.17, 15) is 4.79 Å². The molecule has 0 atom stereocenters. The molecule has 0 aliphatic carbocycles. The number of aromatic nitrogens is 1. The molecule has 0 aliphatic heterocycles. The smallest absolute Gasteiger partial charge is 0.250 e. The van der Waals surface area contributed by atoms with Crippen molar-refractivity contribution in [3.8, 4) is 0 Å². The van der Waals surface area contributed by atoms with E-state index in [1.165, 1.54) is 11.1 Å². The summed E-state index contributed by atoms with van der Waals surface area (Å²) < 4.78 is 1.83. The monoisotopic (exact) mass is 354 g/mol. The number of unbranched alkanes of at least 4 members (excludes halogenated alkanes) is 1. The fourth-order valence-electron chi connectivity index (χ4n) is 2.72. The largest absolute Gasteiger partial charge is 0.357 e. The highest BCUT2D eigenvalue weighted by molar-refractivity contribution is 5.79. The van der Waals surface area contributed by atoms with E-state index in [1.807, 2.05) is 23.6 Å². The molecule has 5 heteroatoms. The van der Waals surface area contributed by atoms with Crippen LogP contribution in [0.25, 0.3) is 0 Å². The molecular weight excluding hydrogens is 324 g/mol. The van der Waals surface area contributed by atoms with E-state index < -0.39 is 0 Å². The Balaban J connectivity index is 1.78. The number of benzene rings is 1. The molecule has 1 aromatic carbocycles. The van der Waals surface area contributed by atoms with Crippen molar-refractivity contribution in [3.63, 3.8) is 0 Å². The number of pyridine rings is 1. The van der Waals surface area contributed by atoms with Gasteiger partial charge in [0.15, 0.2) is 5.96 Å². The third-order valence-electron chi connectivity index (χ3n) is 4.25. The second kappa shape index (κ2) is 10.4. The maximum absolute atomic E-state index is 11.9. The zero-order valence-corrected chi connectivity index (χ0v) is 16.1. The zero-order valence-electron chi connectivity index (χ0n) is 16.1. The van der Waals surface area contributed by atoms with Crippen LogP contribution in [0, 0.1) is 13.8 Å². The van der Waals surface area contributed by atoms with Gasteiger partial charge in [-0.05, 0) is 45.2 Å². The van der Waals surface area contributed by atoms with E-state index in [-0.39, 0.29) is 5.56 Å². The van der Waals surface area contributed by atoms with Crippen LogP contribution in [0.5, 0.6) is 0 Å². The lowest BCUT2D eigenvalue weighted by Crippen LogP contribution is -2.37. The van der Waals surface area contributed by atoms with Gasteiger partial charge in [0.1, 0.15) is 0 Å². The number of aryl methyl sites for hydroxylation is 2. The molecule has 2 aromatic rings. The van der Waals surface area contributed by atoms with E-state index in [1.54, 1.807) is 6.07 Å². The van der Waals surface area contributed by atoms with Gasteiger partial charge in [-0.25, -0.2) is 4.99 Å². The maximum Gasteiger partial charge on any atom is 0.250 e. The second-order valence-electron chi connectivity index (χ2n) is 6.47. The molecule has 2 rings (SSSR count). The number of rotatable bonds is 8. The SMILES string of the molecule is CCNC(=NCc1ccc(C)cc1)NCCCCn1c(C)cccc1=O. The van der Waals surface area contributed by atoms with Gasteiger partial charge >= 0.3 is 0 Å². The van der Waals surface area contributed by atoms with Crippen LogP contribution >= 0.6 is 0 Å². The van der Waals surface area contributed by atoms with Crippen molar-refractivity contribution in [2.45, 2.75) is 46.7 Å². The van der Waals surface area contributed by atoms with Crippen LogP contribution in [0.15, 0.2) is 52.3 Å². The first-order chi connectivity index (χ1) is 12.6. The van der Waals surface area contributed by atoms with Crippen molar-refractivity contribution in [2.24, 2.45) is 4.99 Å². The molecule has 140 valence electrons. The van der Waals surface area contributed by atoms with Gasteiger partial charge in [0.25, 0.3) is 5.56 Å². The van der Waals surface area contributed by atoms with Gasteiger partial charge in [-0.15, -0.1) is 0 Å². The molecule has 0 saturated carbocycles. The summed E-state index contributed by atoms with van der Waals surface area (Å²) in [6.45, 7) is 9.20. The highest BCUT2D eigenvalue weighted by Crippen LogP contribution is 2.04. The van der Waals surface area contributed by atoms with Crippen LogP contribution in [-0.4, -0.2) is 23.6 Å². The Kier molecular flexibility index (Phi) is 7.93. The van der Waals surface area contributed by atoms with Crippen molar-refractivity contribution in [1.82, 2.24) is 15.2 Å². The number of nitrogens with one attached hydrogen (secondary N) is 2. The molecule has 0 aliphatic rings.